The molecule has 0 aliphatic rings. The fraction of sp³-hybridized carbons (Fsp3) is 0. The van der Waals surface area contributed by atoms with Gasteiger partial charge >= 0.3 is 0 Å². The van der Waals surface area contributed by atoms with E-state index in [-0.39, 0.29) is 0 Å². The first-order valence-corrected chi connectivity index (χ1v) is 20.5. The van der Waals surface area contributed by atoms with Crippen LogP contribution < -0.4 is 0 Å². The molecule has 0 N–H and O–H groups in total. The normalized spacial score (nSPS) is 11.9. The summed E-state index contributed by atoms with van der Waals surface area (Å²) in [6.07, 6.45) is 0. The SMILES string of the molecule is c1ccc(-c2cccc(-n3c4ccc5ccccc5c4c4c5c6ccccc6n(-c6nc(-c7ccccc7)nc(-c7ccc8c(c7)oc7ccccc78)n6)c5ccc43)c2)cc1. The predicted octanol–water partition coefficient (Wildman–Crippen LogP) is 14.1. The Hall–Kier alpha value is -8.35. The lowest BCUT2D eigenvalue weighted by Gasteiger charge is -2.12. The van der Waals surface area contributed by atoms with Crippen molar-refractivity contribution < 1.29 is 4.42 Å². The molecule has 6 nitrogen and oxygen atoms in total. The van der Waals surface area contributed by atoms with Crippen molar-refractivity contribution in [3.05, 3.63) is 200 Å². The van der Waals surface area contributed by atoms with E-state index in [0.717, 1.165) is 71.6 Å². The van der Waals surface area contributed by atoms with E-state index in [1.165, 1.54) is 32.7 Å². The lowest BCUT2D eigenvalue weighted by molar-refractivity contribution is 0.669. The van der Waals surface area contributed by atoms with E-state index in [4.69, 9.17) is 19.4 Å². The van der Waals surface area contributed by atoms with Crippen molar-refractivity contribution in [1.29, 1.82) is 0 Å². The molecule has 4 aromatic heterocycles. The molecule has 0 saturated heterocycles. The number of rotatable bonds is 5. The quantitative estimate of drug-likeness (QED) is 0.175. The molecule has 9 aromatic carbocycles. The Labute approximate surface area is 349 Å². The van der Waals surface area contributed by atoms with Gasteiger partial charge in [-0.3, -0.25) is 4.57 Å². The molecule has 0 amide bonds. The maximum absolute atomic E-state index is 6.34. The van der Waals surface area contributed by atoms with Crippen molar-refractivity contribution in [2.75, 3.05) is 0 Å². The third kappa shape index (κ3) is 5.12. The number of hydrogen-bond donors (Lipinski definition) is 0. The lowest BCUT2D eigenvalue weighted by Crippen LogP contribution is -2.06. The van der Waals surface area contributed by atoms with E-state index in [1.807, 2.05) is 54.6 Å². The minimum absolute atomic E-state index is 0.545. The monoisotopic (exact) mass is 779 g/mol. The van der Waals surface area contributed by atoms with Gasteiger partial charge in [-0.15, -0.1) is 0 Å². The highest BCUT2D eigenvalue weighted by atomic mass is 16.3. The molecule has 284 valence electrons. The third-order valence-corrected chi connectivity index (χ3v) is 12.2. The van der Waals surface area contributed by atoms with Gasteiger partial charge in [-0.25, -0.2) is 4.98 Å². The van der Waals surface area contributed by atoms with Gasteiger partial charge in [-0.05, 0) is 76.5 Å². The summed E-state index contributed by atoms with van der Waals surface area (Å²) in [6.45, 7) is 0. The Morgan fingerprint density at radius 2 is 0.934 bits per heavy atom. The largest absolute Gasteiger partial charge is 0.456 e. The second kappa shape index (κ2) is 13.1. The zero-order valence-corrected chi connectivity index (χ0v) is 32.7. The van der Waals surface area contributed by atoms with Crippen molar-refractivity contribution in [2.24, 2.45) is 0 Å². The van der Waals surface area contributed by atoms with Crippen LogP contribution in [0.1, 0.15) is 0 Å². The Kier molecular flexibility index (Phi) is 7.21. The summed E-state index contributed by atoms with van der Waals surface area (Å²) in [5, 5.41) is 9.23. The van der Waals surface area contributed by atoms with Gasteiger partial charge in [0.15, 0.2) is 11.6 Å². The van der Waals surface area contributed by atoms with Crippen molar-refractivity contribution in [1.82, 2.24) is 24.1 Å². The highest BCUT2D eigenvalue weighted by Crippen LogP contribution is 2.45. The number of hydrogen-bond acceptors (Lipinski definition) is 4. The number of fused-ring (bicyclic) bond motifs is 12. The van der Waals surface area contributed by atoms with E-state index < -0.39 is 0 Å². The maximum Gasteiger partial charge on any atom is 0.238 e. The third-order valence-electron chi connectivity index (χ3n) is 12.2. The summed E-state index contributed by atoms with van der Waals surface area (Å²) in [7, 11) is 0. The lowest BCUT2D eigenvalue weighted by atomic mass is 10.0. The van der Waals surface area contributed by atoms with E-state index in [1.54, 1.807) is 0 Å². The molecule has 0 atom stereocenters. The first kappa shape index (κ1) is 33.6. The van der Waals surface area contributed by atoms with Gasteiger partial charge in [0.25, 0.3) is 0 Å². The van der Waals surface area contributed by atoms with Crippen LogP contribution in [0.15, 0.2) is 205 Å². The Bertz CT molecular complexity index is 3880. The molecule has 0 radical (unpaired) electrons. The van der Waals surface area contributed by atoms with Gasteiger partial charge in [0.1, 0.15) is 11.2 Å². The van der Waals surface area contributed by atoms with Gasteiger partial charge in [-0.1, -0.05) is 146 Å². The van der Waals surface area contributed by atoms with Crippen LogP contribution in [0, 0.1) is 0 Å². The van der Waals surface area contributed by atoms with Gasteiger partial charge < -0.3 is 8.98 Å². The van der Waals surface area contributed by atoms with Crippen molar-refractivity contribution in [3.8, 4) is 45.5 Å². The first-order chi connectivity index (χ1) is 30.2. The van der Waals surface area contributed by atoms with Gasteiger partial charge in [0, 0.05) is 49.1 Å². The van der Waals surface area contributed by atoms with E-state index in [2.05, 4.69) is 155 Å². The molecule has 13 aromatic rings. The molecule has 6 heteroatoms. The summed E-state index contributed by atoms with van der Waals surface area (Å²) in [5.74, 6) is 1.71. The fourth-order valence-corrected chi connectivity index (χ4v) is 9.45. The van der Waals surface area contributed by atoms with Gasteiger partial charge in [0.05, 0.1) is 22.1 Å². The molecule has 0 aliphatic carbocycles. The van der Waals surface area contributed by atoms with Crippen LogP contribution in [0.4, 0.5) is 0 Å². The molecule has 0 spiro atoms. The summed E-state index contributed by atoms with van der Waals surface area (Å²) in [5.41, 5.74) is 11.2. The first-order valence-electron chi connectivity index (χ1n) is 20.5. The van der Waals surface area contributed by atoms with E-state index >= 15 is 0 Å². The Morgan fingerprint density at radius 1 is 0.328 bits per heavy atom. The minimum atomic E-state index is 0.545. The molecular formula is C55H33N5O. The fourth-order valence-electron chi connectivity index (χ4n) is 9.45. The van der Waals surface area contributed by atoms with Crippen LogP contribution in [0.25, 0.3) is 122 Å². The van der Waals surface area contributed by atoms with Crippen LogP contribution in [0.5, 0.6) is 0 Å². The standard InChI is InChI=1S/C55H33N5O/c1-3-14-34(15-4-1)37-19-13-20-39(32-37)59-45-29-27-35-16-7-8-21-40(35)50(45)52-47(59)31-30-46-51(52)43-23-9-11-24-44(43)60(46)55-57-53(36-17-5-2-6-18-36)56-54(58-55)38-26-28-42-41-22-10-12-25-48(41)61-49(42)33-38/h1-33H. The van der Waals surface area contributed by atoms with E-state index in [9.17, 15) is 0 Å². The number of nitrogens with zero attached hydrogens (tertiary/aromatic N) is 5. The molecule has 61 heavy (non-hydrogen) atoms. The van der Waals surface area contributed by atoms with E-state index in [0.29, 0.717) is 17.6 Å². The minimum Gasteiger partial charge on any atom is -0.456 e. The molecule has 0 unspecified atom stereocenters. The molecule has 0 bridgehead atoms. The molecule has 13 rings (SSSR count). The zero-order valence-electron chi connectivity index (χ0n) is 32.7. The molecular weight excluding hydrogens is 747 g/mol. The van der Waals surface area contributed by atoms with Crippen LogP contribution in [0.2, 0.25) is 0 Å². The Morgan fingerprint density at radius 3 is 1.77 bits per heavy atom. The Balaban J connectivity index is 1.11. The summed E-state index contributed by atoms with van der Waals surface area (Å²) < 4.78 is 11.0. The molecule has 0 saturated carbocycles. The number of benzene rings is 9. The second-order valence-electron chi connectivity index (χ2n) is 15.6. The zero-order chi connectivity index (χ0) is 40.0. The predicted molar refractivity (Wildman–Crippen MR) is 250 cm³/mol. The molecule has 0 fully saturated rings. The van der Waals surface area contributed by atoms with Crippen LogP contribution >= 0.6 is 0 Å². The van der Waals surface area contributed by atoms with Gasteiger partial charge in [-0.2, -0.15) is 9.97 Å². The van der Waals surface area contributed by atoms with Crippen molar-refractivity contribution in [2.45, 2.75) is 0 Å². The second-order valence-corrected chi connectivity index (χ2v) is 15.6. The van der Waals surface area contributed by atoms with Crippen LogP contribution in [-0.4, -0.2) is 24.1 Å². The van der Waals surface area contributed by atoms with Crippen molar-refractivity contribution >= 4 is 76.3 Å². The maximum atomic E-state index is 6.34. The topological polar surface area (TPSA) is 61.7 Å². The molecule has 0 aliphatic heterocycles. The highest BCUT2D eigenvalue weighted by Gasteiger charge is 2.24. The molecule has 4 heterocycles. The average molecular weight is 780 g/mol. The highest BCUT2D eigenvalue weighted by molar-refractivity contribution is 6.33. The average Bonchev–Trinajstić information content (AvgIpc) is 3.99. The summed E-state index contributed by atoms with van der Waals surface area (Å²) >= 11 is 0. The number of furan rings is 1. The van der Waals surface area contributed by atoms with Gasteiger partial charge in [0.2, 0.25) is 5.95 Å². The summed E-state index contributed by atoms with van der Waals surface area (Å²) in [6, 6.07) is 70.4. The number of aromatic nitrogens is 5. The van der Waals surface area contributed by atoms with Crippen LogP contribution in [0.3, 0.4) is 0 Å². The smallest absolute Gasteiger partial charge is 0.238 e. The van der Waals surface area contributed by atoms with Crippen molar-refractivity contribution in [3.63, 3.8) is 0 Å². The number of para-hydroxylation sites is 2. The van der Waals surface area contributed by atoms with Crippen LogP contribution in [-0.2, 0) is 0 Å². The summed E-state index contributed by atoms with van der Waals surface area (Å²) in [4.78, 5) is 15.7.